The second-order valence-electron chi connectivity index (χ2n) is 6.91. The van der Waals surface area contributed by atoms with Crippen LogP contribution >= 0.6 is 0 Å². The number of hydrogen-bond acceptors (Lipinski definition) is 6. The van der Waals surface area contributed by atoms with Crippen LogP contribution in [-0.4, -0.2) is 61.3 Å². The van der Waals surface area contributed by atoms with Crippen molar-refractivity contribution in [1.29, 1.82) is 0 Å². The molecule has 27 heavy (non-hydrogen) atoms. The Bertz CT molecular complexity index is 608. The molecule has 0 spiro atoms. The van der Waals surface area contributed by atoms with E-state index < -0.39 is 5.97 Å². The fraction of sp³-hybridized carbons (Fsp3) is 0.600. The van der Waals surface area contributed by atoms with Crippen LogP contribution in [0.1, 0.15) is 31.7 Å². The number of amides is 1. The lowest BCUT2D eigenvalue weighted by atomic mass is 9.98. The first kappa shape index (κ1) is 21.2. The predicted octanol–water partition coefficient (Wildman–Crippen LogP) is 1.34. The molecule has 1 aromatic carbocycles. The molecule has 150 valence electrons. The van der Waals surface area contributed by atoms with E-state index >= 15 is 0 Å². The second-order valence-corrected chi connectivity index (χ2v) is 6.91. The fourth-order valence-electron chi connectivity index (χ4n) is 3.14. The number of esters is 1. The van der Waals surface area contributed by atoms with Crippen LogP contribution < -0.4 is 10.1 Å². The van der Waals surface area contributed by atoms with Gasteiger partial charge in [-0.05, 0) is 49.4 Å². The van der Waals surface area contributed by atoms with Crippen LogP contribution in [-0.2, 0) is 20.9 Å². The van der Waals surface area contributed by atoms with Gasteiger partial charge in [-0.2, -0.15) is 0 Å². The second kappa shape index (κ2) is 11.6. The summed E-state index contributed by atoms with van der Waals surface area (Å²) in [5.41, 5.74) is 1.20. The number of nitrogens with one attached hydrogen (secondary N) is 1. The van der Waals surface area contributed by atoms with E-state index in [2.05, 4.69) is 21.0 Å². The smallest absolute Gasteiger partial charge is 0.303 e. The highest BCUT2D eigenvalue weighted by Gasteiger charge is 2.19. The first-order chi connectivity index (χ1) is 13.1. The monoisotopic (exact) mass is 378 g/mol. The third-order valence-corrected chi connectivity index (χ3v) is 4.48. The summed E-state index contributed by atoms with van der Waals surface area (Å²) < 4.78 is 10.4. The summed E-state index contributed by atoms with van der Waals surface area (Å²) in [7, 11) is 0. The van der Waals surface area contributed by atoms with Crippen molar-refractivity contribution in [2.45, 2.75) is 32.7 Å². The number of likely N-dealkylation sites (tertiary alicyclic amines) is 1. The van der Waals surface area contributed by atoms with E-state index in [1.54, 1.807) is 0 Å². The molecule has 1 heterocycles. The number of piperidine rings is 1. The normalized spacial score (nSPS) is 17.3. The lowest BCUT2D eigenvalue weighted by Crippen LogP contribution is -2.36. The summed E-state index contributed by atoms with van der Waals surface area (Å²) >= 11 is 0. The van der Waals surface area contributed by atoms with Crippen LogP contribution in [0, 0.1) is 5.92 Å². The Kier molecular flexibility index (Phi) is 9.07. The number of nitrogens with zero attached hydrogens (tertiary/aromatic N) is 1. The van der Waals surface area contributed by atoms with Crippen LogP contribution in [0.2, 0.25) is 0 Å². The van der Waals surface area contributed by atoms with Gasteiger partial charge in [0.15, 0.2) is 6.61 Å². The number of rotatable bonds is 10. The summed E-state index contributed by atoms with van der Waals surface area (Å²) in [6.45, 7) is 5.11. The molecule has 2 N–H and O–H groups in total. The molecule has 0 aromatic heterocycles. The van der Waals surface area contributed by atoms with Gasteiger partial charge in [0.05, 0.1) is 6.61 Å². The highest BCUT2D eigenvalue weighted by Crippen LogP contribution is 2.20. The highest BCUT2D eigenvalue weighted by atomic mass is 16.5. The van der Waals surface area contributed by atoms with Crippen molar-refractivity contribution in [3.63, 3.8) is 0 Å². The Morgan fingerprint density at radius 3 is 3.00 bits per heavy atom. The van der Waals surface area contributed by atoms with E-state index in [1.807, 2.05) is 18.2 Å². The molecule has 1 unspecified atom stereocenters. The van der Waals surface area contributed by atoms with Crippen molar-refractivity contribution in [2.24, 2.45) is 5.92 Å². The van der Waals surface area contributed by atoms with E-state index in [9.17, 15) is 14.7 Å². The largest absolute Gasteiger partial charge is 0.494 e. The minimum absolute atomic E-state index is 0.244. The molecule has 0 bridgehead atoms. The number of carbonyl (C=O) groups is 2. The number of aliphatic hydroxyl groups is 1. The van der Waals surface area contributed by atoms with Crippen LogP contribution in [0.4, 0.5) is 0 Å². The van der Waals surface area contributed by atoms with Crippen molar-refractivity contribution in [3.05, 3.63) is 29.8 Å². The molecule has 1 aliphatic heterocycles. The zero-order valence-corrected chi connectivity index (χ0v) is 16.0. The lowest BCUT2D eigenvalue weighted by Gasteiger charge is -2.31. The predicted molar refractivity (Wildman–Crippen MR) is 101 cm³/mol. The number of benzene rings is 1. The molecule has 1 saturated heterocycles. The molecule has 0 aliphatic carbocycles. The number of hydrogen-bond donors (Lipinski definition) is 2. The van der Waals surface area contributed by atoms with Gasteiger partial charge in [0, 0.05) is 33.2 Å². The quantitative estimate of drug-likeness (QED) is 0.472. The number of ether oxygens (including phenoxy) is 2. The minimum atomic E-state index is -0.468. The summed E-state index contributed by atoms with van der Waals surface area (Å²) in [4.78, 5) is 24.4. The minimum Gasteiger partial charge on any atom is -0.494 e. The van der Waals surface area contributed by atoms with Gasteiger partial charge in [-0.3, -0.25) is 14.5 Å². The van der Waals surface area contributed by atoms with Crippen LogP contribution in [0.5, 0.6) is 5.75 Å². The third kappa shape index (κ3) is 8.41. The van der Waals surface area contributed by atoms with Crippen molar-refractivity contribution >= 4 is 11.9 Å². The standard InChI is InChI=1S/C20H30N2O5/c1-16(24)27-15-20(25)21-8-4-10-26-19-7-2-5-17(11-19)12-22-9-3-6-18(13-22)14-23/h2,5,7,11,18,23H,3-4,6,8-10,12-15H2,1H3,(H,21,25). The molecule has 0 saturated carbocycles. The summed E-state index contributed by atoms with van der Waals surface area (Å²) in [5, 5.41) is 12.0. The molecule has 7 nitrogen and oxygen atoms in total. The van der Waals surface area contributed by atoms with Crippen LogP contribution in [0.15, 0.2) is 24.3 Å². The lowest BCUT2D eigenvalue weighted by molar-refractivity contribution is -0.146. The van der Waals surface area contributed by atoms with Gasteiger partial charge in [-0.25, -0.2) is 0 Å². The molecule has 1 atom stereocenters. The number of carbonyl (C=O) groups excluding carboxylic acids is 2. The number of aliphatic hydroxyl groups excluding tert-OH is 1. The Balaban J connectivity index is 1.66. The Hall–Kier alpha value is -2.12. The average molecular weight is 378 g/mol. The first-order valence-corrected chi connectivity index (χ1v) is 9.52. The molecule has 7 heteroatoms. The molecule has 2 rings (SSSR count). The van der Waals surface area contributed by atoms with Crippen molar-refractivity contribution in [1.82, 2.24) is 10.2 Å². The van der Waals surface area contributed by atoms with Gasteiger partial charge in [0.2, 0.25) is 0 Å². The van der Waals surface area contributed by atoms with Gasteiger partial charge in [0.25, 0.3) is 5.91 Å². The molecule has 1 aromatic rings. The Morgan fingerprint density at radius 1 is 1.37 bits per heavy atom. The fourth-order valence-corrected chi connectivity index (χ4v) is 3.14. The van der Waals surface area contributed by atoms with E-state index in [4.69, 9.17) is 4.74 Å². The van der Waals surface area contributed by atoms with Crippen molar-refractivity contribution in [2.75, 3.05) is 39.5 Å². The van der Waals surface area contributed by atoms with E-state index in [0.29, 0.717) is 25.5 Å². The Labute approximate surface area is 160 Å². The summed E-state index contributed by atoms with van der Waals surface area (Å²) in [6.07, 6.45) is 2.90. The van der Waals surface area contributed by atoms with Gasteiger partial charge < -0.3 is 19.9 Å². The van der Waals surface area contributed by atoms with Gasteiger partial charge >= 0.3 is 5.97 Å². The first-order valence-electron chi connectivity index (χ1n) is 9.52. The molecule has 1 fully saturated rings. The van der Waals surface area contributed by atoms with Crippen LogP contribution in [0.3, 0.4) is 0 Å². The highest BCUT2D eigenvalue weighted by molar-refractivity contribution is 5.79. The van der Waals surface area contributed by atoms with Gasteiger partial charge in [-0.15, -0.1) is 0 Å². The van der Waals surface area contributed by atoms with Gasteiger partial charge in [-0.1, -0.05) is 12.1 Å². The zero-order valence-electron chi connectivity index (χ0n) is 16.0. The third-order valence-electron chi connectivity index (χ3n) is 4.48. The maximum Gasteiger partial charge on any atom is 0.303 e. The van der Waals surface area contributed by atoms with Crippen molar-refractivity contribution in [3.8, 4) is 5.75 Å². The van der Waals surface area contributed by atoms with E-state index in [0.717, 1.165) is 38.2 Å². The Morgan fingerprint density at radius 2 is 2.22 bits per heavy atom. The molecule has 1 aliphatic rings. The summed E-state index contributed by atoms with van der Waals surface area (Å²) in [5.74, 6) is 0.420. The topological polar surface area (TPSA) is 88.1 Å². The van der Waals surface area contributed by atoms with E-state index in [-0.39, 0.29) is 19.1 Å². The maximum atomic E-state index is 11.4. The summed E-state index contributed by atoms with van der Waals surface area (Å²) in [6, 6.07) is 8.04. The maximum absolute atomic E-state index is 11.4. The molecule has 1 amide bonds. The average Bonchev–Trinajstić information content (AvgIpc) is 2.66. The molecule has 0 radical (unpaired) electrons. The molecular weight excluding hydrogens is 348 g/mol. The zero-order chi connectivity index (χ0) is 19.5. The van der Waals surface area contributed by atoms with E-state index in [1.165, 1.54) is 12.5 Å². The SMILES string of the molecule is CC(=O)OCC(=O)NCCCOc1cccc(CN2CCCC(CO)C2)c1. The van der Waals surface area contributed by atoms with Crippen molar-refractivity contribution < 1.29 is 24.2 Å². The van der Waals surface area contributed by atoms with Gasteiger partial charge in [0.1, 0.15) is 5.75 Å². The van der Waals surface area contributed by atoms with Crippen LogP contribution in [0.25, 0.3) is 0 Å². The molecular formula is C20H30N2O5.